The third kappa shape index (κ3) is 6.36. The van der Waals surface area contributed by atoms with Crippen molar-refractivity contribution < 1.29 is 9.53 Å². The third-order valence-electron chi connectivity index (χ3n) is 3.54. The third-order valence-corrected chi connectivity index (χ3v) is 3.54. The lowest BCUT2D eigenvalue weighted by Crippen LogP contribution is -2.45. The van der Waals surface area contributed by atoms with Gasteiger partial charge in [-0.1, -0.05) is 26.7 Å². The second-order valence-electron chi connectivity index (χ2n) is 5.18. The summed E-state index contributed by atoms with van der Waals surface area (Å²) in [7, 11) is 2.11. The molecule has 18 heavy (non-hydrogen) atoms. The summed E-state index contributed by atoms with van der Waals surface area (Å²) in [5.41, 5.74) is 5.51. The Balaban J connectivity index is 4.10. The first-order valence-electron chi connectivity index (χ1n) is 7.07. The summed E-state index contributed by atoms with van der Waals surface area (Å²) in [6.45, 7) is 8.32. The van der Waals surface area contributed by atoms with Gasteiger partial charge in [0.2, 0.25) is 0 Å². The van der Waals surface area contributed by atoms with E-state index in [1.807, 2.05) is 0 Å². The zero-order valence-electron chi connectivity index (χ0n) is 12.5. The molecule has 0 heterocycles. The SMILES string of the molecule is CCCC(C)(CCC)N(C)CCOC(=O)CCN. The van der Waals surface area contributed by atoms with Crippen molar-refractivity contribution in [3.05, 3.63) is 0 Å². The number of carbonyl (C=O) groups excluding carboxylic acids is 1. The monoisotopic (exact) mass is 258 g/mol. The van der Waals surface area contributed by atoms with Gasteiger partial charge in [-0.25, -0.2) is 0 Å². The number of carbonyl (C=O) groups is 1. The van der Waals surface area contributed by atoms with Crippen LogP contribution in [-0.4, -0.2) is 43.2 Å². The first-order chi connectivity index (χ1) is 8.50. The molecule has 0 aromatic carbocycles. The number of nitrogens with zero attached hydrogens (tertiary/aromatic N) is 1. The Morgan fingerprint density at radius 2 is 1.83 bits per heavy atom. The maximum Gasteiger partial charge on any atom is 0.307 e. The smallest absolute Gasteiger partial charge is 0.307 e. The summed E-state index contributed by atoms with van der Waals surface area (Å²) in [5, 5.41) is 0. The minimum Gasteiger partial charge on any atom is -0.464 e. The van der Waals surface area contributed by atoms with Crippen molar-refractivity contribution in [3.63, 3.8) is 0 Å². The first-order valence-corrected chi connectivity index (χ1v) is 7.07. The van der Waals surface area contributed by atoms with Crippen LogP contribution in [0.25, 0.3) is 0 Å². The van der Waals surface area contributed by atoms with Gasteiger partial charge in [0.05, 0.1) is 6.42 Å². The highest BCUT2D eigenvalue weighted by molar-refractivity contribution is 5.69. The summed E-state index contributed by atoms with van der Waals surface area (Å²) in [6, 6.07) is 0. The number of hydrogen-bond acceptors (Lipinski definition) is 4. The maximum absolute atomic E-state index is 11.2. The molecule has 0 fully saturated rings. The Labute approximate surface area is 112 Å². The van der Waals surface area contributed by atoms with Gasteiger partial charge in [0.15, 0.2) is 0 Å². The molecule has 4 nitrogen and oxygen atoms in total. The van der Waals surface area contributed by atoms with E-state index in [0.717, 1.165) is 6.54 Å². The normalized spacial score (nSPS) is 11.9. The Hall–Kier alpha value is -0.610. The van der Waals surface area contributed by atoms with Gasteiger partial charge in [0.25, 0.3) is 0 Å². The van der Waals surface area contributed by atoms with E-state index in [-0.39, 0.29) is 11.5 Å². The molecular formula is C14H30N2O2. The lowest BCUT2D eigenvalue weighted by atomic mass is 9.89. The van der Waals surface area contributed by atoms with Gasteiger partial charge in [0.1, 0.15) is 6.61 Å². The minimum atomic E-state index is -0.196. The molecule has 0 aliphatic heterocycles. The molecule has 0 unspecified atom stereocenters. The highest BCUT2D eigenvalue weighted by atomic mass is 16.5. The Morgan fingerprint density at radius 3 is 2.28 bits per heavy atom. The summed E-state index contributed by atoms with van der Waals surface area (Å²) < 4.78 is 5.14. The zero-order chi connectivity index (χ0) is 14.0. The molecule has 0 aromatic rings. The molecular weight excluding hydrogens is 228 g/mol. The molecule has 0 rings (SSSR count). The number of hydrogen-bond donors (Lipinski definition) is 1. The van der Waals surface area contributed by atoms with Gasteiger partial charge in [-0.3, -0.25) is 9.69 Å². The Kier molecular flexibility index (Phi) is 9.02. The number of ether oxygens (including phenoxy) is 1. The van der Waals surface area contributed by atoms with Gasteiger partial charge in [0, 0.05) is 18.6 Å². The molecule has 0 saturated heterocycles. The molecule has 0 amide bonds. The van der Waals surface area contributed by atoms with Crippen molar-refractivity contribution in [3.8, 4) is 0 Å². The summed E-state index contributed by atoms with van der Waals surface area (Å²) in [4.78, 5) is 13.5. The van der Waals surface area contributed by atoms with E-state index in [9.17, 15) is 4.79 Å². The highest BCUT2D eigenvalue weighted by Gasteiger charge is 2.27. The summed E-state index contributed by atoms with van der Waals surface area (Å²) in [6.07, 6.45) is 5.01. The fourth-order valence-electron chi connectivity index (χ4n) is 2.34. The molecule has 0 saturated carbocycles. The van der Waals surface area contributed by atoms with E-state index in [4.69, 9.17) is 10.5 Å². The van der Waals surface area contributed by atoms with E-state index in [2.05, 4.69) is 32.7 Å². The van der Waals surface area contributed by atoms with E-state index in [1.54, 1.807) is 0 Å². The van der Waals surface area contributed by atoms with Crippen LogP contribution >= 0.6 is 0 Å². The number of likely N-dealkylation sites (N-methyl/N-ethyl adjacent to an activating group) is 1. The molecule has 108 valence electrons. The van der Waals surface area contributed by atoms with Crippen LogP contribution in [0.3, 0.4) is 0 Å². The van der Waals surface area contributed by atoms with Crippen molar-refractivity contribution in [1.29, 1.82) is 0 Å². The van der Waals surface area contributed by atoms with Crippen molar-refractivity contribution in [2.24, 2.45) is 5.73 Å². The number of rotatable bonds is 10. The van der Waals surface area contributed by atoms with Gasteiger partial charge in [-0.2, -0.15) is 0 Å². The van der Waals surface area contributed by atoms with Crippen LogP contribution in [0.4, 0.5) is 0 Å². The second-order valence-corrected chi connectivity index (χ2v) is 5.18. The van der Waals surface area contributed by atoms with Crippen molar-refractivity contribution in [2.75, 3.05) is 26.7 Å². The molecule has 2 N–H and O–H groups in total. The topological polar surface area (TPSA) is 55.6 Å². The van der Waals surface area contributed by atoms with Crippen molar-refractivity contribution in [1.82, 2.24) is 4.90 Å². The van der Waals surface area contributed by atoms with Gasteiger partial charge >= 0.3 is 5.97 Å². The van der Waals surface area contributed by atoms with Crippen LogP contribution in [0.5, 0.6) is 0 Å². The zero-order valence-corrected chi connectivity index (χ0v) is 12.5. The first kappa shape index (κ1) is 17.4. The standard InChI is InChI=1S/C14H30N2O2/c1-5-8-14(3,9-6-2)16(4)11-12-18-13(17)7-10-15/h5-12,15H2,1-4H3. The lowest BCUT2D eigenvalue weighted by molar-refractivity contribution is -0.144. The van der Waals surface area contributed by atoms with Crippen LogP contribution in [0.2, 0.25) is 0 Å². The Morgan fingerprint density at radius 1 is 1.28 bits per heavy atom. The van der Waals surface area contributed by atoms with Gasteiger partial charge in [-0.05, 0) is 26.8 Å². The molecule has 0 atom stereocenters. The summed E-state index contributed by atoms with van der Waals surface area (Å²) >= 11 is 0. The van der Waals surface area contributed by atoms with E-state index >= 15 is 0 Å². The predicted molar refractivity (Wildman–Crippen MR) is 75.5 cm³/mol. The van der Waals surface area contributed by atoms with Crippen LogP contribution in [0.15, 0.2) is 0 Å². The van der Waals surface area contributed by atoms with Crippen LogP contribution in [0, 0.1) is 0 Å². The van der Waals surface area contributed by atoms with Gasteiger partial charge in [-0.15, -0.1) is 0 Å². The van der Waals surface area contributed by atoms with Gasteiger partial charge < -0.3 is 10.5 Å². The quantitative estimate of drug-likeness (QED) is 0.610. The fraction of sp³-hybridized carbons (Fsp3) is 0.929. The minimum absolute atomic E-state index is 0.196. The molecule has 0 aromatic heterocycles. The highest BCUT2D eigenvalue weighted by Crippen LogP contribution is 2.25. The molecule has 0 spiro atoms. The lowest BCUT2D eigenvalue weighted by Gasteiger charge is -2.39. The predicted octanol–water partition coefficient (Wildman–Crippen LogP) is 2.17. The van der Waals surface area contributed by atoms with E-state index in [0.29, 0.717) is 19.6 Å². The average molecular weight is 258 g/mol. The maximum atomic E-state index is 11.2. The Bertz CT molecular complexity index is 226. The molecule has 0 radical (unpaired) electrons. The second kappa shape index (κ2) is 9.34. The van der Waals surface area contributed by atoms with Crippen LogP contribution in [0.1, 0.15) is 52.9 Å². The van der Waals surface area contributed by atoms with E-state index < -0.39 is 0 Å². The molecule has 0 aliphatic rings. The number of esters is 1. The number of nitrogens with two attached hydrogens (primary N) is 1. The summed E-state index contributed by atoms with van der Waals surface area (Å²) in [5.74, 6) is -0.196. The largest absolute Gasteiger partial charge is 0.464 e. The van der Waals surface area contributed by atoms with E-state index in [1.165, 1.54) is 25.7 Å². The fourth-order valence-corrected chi connectivity index (χ4v) is 2.34. The van der Waals surface area contributed by atoms with Crippen LogP contribution in [-0.2, 0) is 9.53 Å². The van der Waals surface area contributed by atoms with Crippen LogP contribution < -0.4 is 5.73 Å². The van der Waals surface area contributed by atoms with Crippen molar-refractivity contribution in [2.45, 2.75) is 58.4 Å². The molecule has 0 bridgehead atoms. The molecule has 0 aliphatic carbocycles. The average Bonchev–Trinajstić information content (AvgIpc) is 2.29. The molecule has 4 heteroatoms. The van der Waals surface area contributed by atoms with Crippen molar-refractivity contribution >= 4 is 5.97 Å².